The van der Waals surface area contributed by atoms with Crippen LogP contribution in [0.25, 0.3) is 16.7 Å². The van der Waals surface area contributed by atoms with Gasteiger partial charge in [0.15, 0.2) is 23.3 Å². The second-order valence-corrected chi connectivity index (χ2v) is 4.60. The molecular formula is C14H7ClF4N2. The third-order valence-corrected chi connectivity index (χ3v) is 3.29. The molecule has 2 aromatic carbocycles. The fourth-order valence-electron chi connectivity index (χ4n) is 2.16. The summed E-state index contributed by atoms with van der Waals surface area (Å²) in [4.78, 5) is 4.01. The Morgan fingerprint density at radius 2 is 1.67 bits per heavy atom. The van der Waals surface area contributed by atoms with E-state index in [0.29, 0.717) is 0 Å². The van der Waals surface area contributed by atoms with Crippen molar-refractivity contribution in [2.24, 2.45) is 0 Å². The Labute approximate surface area is 121 Å². The molecule has 0 saturated carbocycles. The monoisotopic (exact) mass is 314 g/mol. The molecule has 0 aliphatic heterocycles. The van der Waals surface area contributed by atoms with Gasteiger partial charge in [0.25, 0.3) is 0 Å². The molecule has 0 atom stereocenters. The first kappa shape index (κ1) is 13.9. The molecule has 0 amide bonds. The van der Waals surface area contributed by atoms with Crippen LogP contribution < -0.4 is 0 Å². The number of halogens is 5. The van der Waals surface area contributed by atoms with Gasteiger partial charge in [-0.25, -0.2) is 22.5 Å². The molecular weight excluding hydrogens is 308 g/mol. The van der Waals surface area contributed by atoms with Gasteiger partial charge in [-0.2, -0.15) is 0 Å². The molecule has 0 saturated heterocycles. The maximum Gasteiger partial charge on any atom is 0.194 e. The third-order valence-electron chi connectivity index (χ3n) is 3.05. The molecule has 1 aromatic heterocycles. The smallest absolute Gasteiger partial charge is 0.194 e. The van der Waals surface area contributed by atoms with Crippen molar-refractivity contribution in [3.63, 3.8) is 0 Å². The van der Waals surface area contributed by atoms with E-state index >= 15 is 0 Å². The highest BCUT2D eigenvalue weighted by atomic mass is 35.5. The van der Waals surface area contributed by atoms with Crippen LogP contribution in [0, 0.1) is 23.3 Å². The summed E-state index contributed by atoms with van der Waals surface area (Å²) in [6.45, 7) is 0. The van der Waals surface area contributed by atoms with Crippen molar-refractivity contribution in [2.75, 3.05) is 0 Å². The first-order valence-electron chi connectivity index (χ1n) is 5.89. The Morgan fingerprint density at radius 3 is 2.29 bits per heavy atom. The van der Waals surface area contributed by atoms with Gasteiger partial charge in [-0.05, 0) is 12.1 Å². The highest BCUT2D eigenvalue weighted by Crippen LogP contribution is 2.26. The fraction of sp³-hybridized carbons (Fsp3) is 0.0714. The van der Waals surface area contributed by atoms with Crippen LogP contribution in [0.4, 0.5) is 17.6 Å². The van der Waals surface area contributed by atoms with E-state index in [0.717, 1.165) is 12.1 Å². The minimum Gasteiger partial charge on any atom is -0.295 e. The second kappa shape index (κ2) is 5.04. The molecule has 108 valence electrons. The lowest BCUT2D eigenvalue weighted by molar-refractivity contribution is 0.446. The highest BCUT2D eigenvalue weighted by molar-refractivity contribution is 6.17. The zero-order valence-electron chi connectivity index (χ0n) is 10.4. The number of benzene rings is 2. The van der Waals surface area contributed by atoms with Gasteiger partial charge in [-0.3, -0.25) is 4.57 Å². The van der Waals surface area contributed by atoms with Crippen molar-refractivity contribution in [2.45, 2.75) is 5.88 Å². The molecule has 0 fully saturated rings. The van der Waals surface area contributed by atoms with Gasteiger partial charge in [-0.1, -0.05) is 6.07 Å². The molecule has 3 aromatic rings. The lowest BCUT2D eigenvalue weighted by Crippen LogP contribution is -2.02. The van der Waals surface area contributed by atoms with Crippen molar-refractivity contribution < 1.29 is 17.6 Å². The maximum atomic E-state index is 13.7. The number of alkyl halides is 1. The van der Waals surface area contributed by atoms with Gasteiger partial charge >= 0.3 is 0 Å². The normalized spacial score (nSPS) is 11.3. The third kappa shape index (κ3) is 2.15. The summed E-state index contributed by atoms with van der Waals surface area (Å²) >= 11 is 5.75. The molecule has 0 unspecified atom stereocenters. The molecule has 2 nitrogen and oxygen atoms in total. The van der Waals surface area contributed by atoms with Crippen LogP contribution in [0.5, 0.6) is 0 Å². The summed E-state index contributed by atoms with van der Waals surface area (Å²) in [6, 6.07) is 5.79. The molecule has 0 aliphatic carbocycles. The first-order chi connectivity index (χ1) is 10.0. The number of aromatic nitrogens is 2. The number of fused-ring (bicyclic) bond motifs is 1. The summed E-state index contributed by atoms with van der Waals surface area (Å²) < 4.78 is 54.9. The van der Waals surface area contributed by atoms with Crippen LogP contribution in [0.2, 0.25) is 0 Å². The van der Waals surface area contributed by atoms with Crippen LogP contribution in [-0.4, -0.2) is 9.55 Å². The Balaban J connectivity index is 2.36. The van der Waals surface area contributed by atoms with Gasteiger partial charge in [-0.15, -0.1) is 11.6 Å². The van der Waals surface area contributed by atoms with E-state index in [9.17, 15) is 17.6 Å². The van der Waals surface area contributed by atoms with Crippen molar-refractivity contribution >= 4 is 22.6 Å². The topological polar surface area (TPSA) is 17.8 Å². The van der Waals surface area contributed by atoms with E-state index in [4.69, 9.17) is 11.6 Å². The van der Waals surface area contributed by atoms with Crippen LogP contribution in [0.3, 0.4) is 0 Å². The average Bonchev–Trinajstić information content (AvgIpc) is 2.84. The van der Waals surface area contributed by atoms with E-state index in [2.05, 4.69) is 4.98 Å². The summed E-state index contributed by atoms with van der Waals surface area (Å²) in [5.74, 6) is -4.74. The molecule has 0 bridgehead atoms. The van der Waals surface area contributed by atoms with Crippen LogP contribution in [-0.2, 0) is 5.88 Å². The summed E-state index contributed by atoms with van der Waals surface area (Å²) in [7, 11) is 0. The van der Waals surface area contributed by atoms with Crippen molar-refractivity contribution in [3.05, 3.63) is 59.4 Å². The Morgan fingerprint density at radius 1 is 1.00 bits per heavy atom. The standard InChI is InChI=1S/C14H7ClF4N2/c15-6-12-20-14-8(16)2-1-3-11(14)21(12)7-4-9(17)13(19)10(18)5-7/h1-5H,6H2. The van der Waals surface area contributed by atoms with E-state index in [1.54, 1.807) is 0 Å². The molecule has 0 aliphatic rings. The van der Waals surface area contributed by atoms with E-state index in [1.807, 2.05) is 0 Å². The van der Waals surface area contributed by atoms with Gasteiger partial charge in [0.05, 0.1) is 17.1 Å². The Bertz CT molecular complexity index is 821. The lowest BCUT2D eigenvalue weighted by atomic mass is 10.2. The average molecular weight is 315 g/mol. The Hall–Kier alpha value is -2.08. The van der Waals surface area contributed by atoms with Gasteiger partial charge in [0.2, 0.25) is 0 Å². The van der Waals surface area contributed by atoms with Crippen molar-refractivity contribution in [3.8, 4) is 5.69 Å². The van der Waals surface area contributed by atoms with Gasteiger partial charge in [0.1, 0.15) is 11.3 Å². The minimum atomic E-state index is -1.57. The number of hydrogen-bond acceptors (Lipinski definition) is 1. The molecule has 3 rings (SSSR count). The highest BCUT2D eigenvalue weighted by Gasteiger charge is 2.18. The van der Waals surface area contributed by atoms with Gasteiger partial charge in [0, 0.05) is 12.1 Å². The van der Waals surface area contributed by atoms with Crippen LogP contribution >= 0.6 is 11.6 Å². The van der Waals surface area contributed by atoms with Crippen molar-refractivity contribution in [1.29, 1.82) is 0 Å². The lowest BCUT2D eigenvalue weighted by Gasteiger charge is -2.09. The zero-order chi connectivity index (χ0) is 15.1. The number of hydrogen-bond donors (Lipinski definition) is 0. The number of para-hydroxylation sites is 1. The summed E-state index contributed by atoms with van der Waals surface area (Å²) in [6.07, 6.45) is 0. The molecule has 0 N–H and O–H groups in total. The molecule has 0 spiro atoms. The summed E-state index contributed by atoms with van der Waals surface area (Å²) in [5.41, 5.74) is 0.296. The predicted molar refractivity (Wildman–Crippen MR) is 70.5 cm³/mol. The molecule has 1 heterocycles. The first-order valence-corrected chi connectivity index (χ1v) is 6.43. The summed E-state index contributed by atoms with van der Waals surface area (Å²) in [5, 5.41) is 0. The van der Waals surface area contributed by atoms with E-state index in [1.165, 1.54) is 22.8 Å². The SMILES string of the molecule is Fc1cc(-n2c(CCl)nc3c(F)cccc32)cc(F)c1F. The second-order valence-electron chi connectivity index (χ2n) is 4.33. The van der Waals surface area contributed by atoms with E-state index < -0.39 is 23.3 Å². The minimum absolute atomic E-state index is 0.0184. The van der Waals surface area contributed by atoms with Gasteiger partial charge < -0.3 is 0 Å². The zero-order valence-corrected chi connectivity index (χ0v) is 11.1. The Kier molecular flexibility index (Phi) is 3.33. The van der Waals surface area contributed by atoms with Crippen LogP contribution in [0.15, 0.2) is 30.3 Å². The number of rotatable bonds is 2. The fourth-order valence-corrected chi connectivity index (χ4v) is 2.34. The van der Waals surface area contributed by atoms with E-state index in [-0.39, 0.29) is 28.4 Å². The largest absolute Gasteiger partial charge is 0.295 e. The maximum absolute atomic E-state index is 13.7. The molecule has 0 radical (unpaired) electrons. The molecule has 21 heavy (non-hydrogen) atoms. The predicted octanol–water partition coefficient (Wildman–Crippen LogP) is 4.32. The number of nitrogens with zero attached hydrogens (tertiary/aromatic N) is 2. The number of imidazole rings is 1. The van der Waals surface area contributed by atoms with Crippen molar-refractivity contribution in [1.82, 2.24) is 9.55 Å². The quantitative estimate of drug-likeness (QED) is 0.391. The van der Waals surface area contributed by atoms with Crippen LogP contribution in [0.1, 0.15) is 5.82 Å². The molecule has 7 heteroatoms.